The fraction of sp³-hybridized carbons (Fsp3) is 0.0909. The molecule has 2 N–H and O–H groups in total. The molecule has 1 aliphatic rings. The number of aromatic hydroxyl groups is 1. The molecular formula is C11H8N2O6S. The number of phenolic OH excluding ortho intramolecular Hbond substituents is 1. The van der Waals surface area contributed by atoms with Gasteiger partial charge in [-0.2, -0.15) is 0 Å². The summed E-state index contributed by atoms with van der Waals surface area (Å²) >= 11 is 0.645. The van der Waals surface area contributed by atoms with E-state index in [9.17, 15) is 24.8 Å². The van der Waals surface area contributed by atoms with E-state index in [1.807, 2.05) is 5.32 Å². The van der Waals surface area contributed by atoms with Crippen molar-refractivity contribution in [3.05, 3.63) is 32.7 Å². The highest BCUT2D eigenvalue weighted by atomic mass is 32.2. The molecule has 20 heavy (non-hydrogen) atoms. The number of ether oxygens (including phenoxy) is 1. The summed E-state index contributed by atoms with van der Waals surface area (Å²) < 4.78 is 4.83. The van der Waals surface area contributed by atoms with Crippen LogP contribution in [0.25, 0.3) is 6.08 Å². The molecule has 0 atom stereocenters. The number of amides is 2. The predicted molar refractivity (Wildman–Crippen MR) is 70.4 cm³/mol. The minimum absolute atomic E-state index is 0.0170. The molecule has 1 saturated heterocycles. The predicted octanol–water partition coefficient (Wildman–Crippen LogP) is 1.63. The van der Waals surface area contributed by atoms with Gasteiger partial charge in [0.25, 0.3) is 16.8 Å². The number of methoxy groups -OCH3 is 1. The van der Waals surface area contributed by atoms with Gasteiger partial charge in [-0.15, -0.1) is 0 Å². The average Bonchev–Trinajstić information content (AvgIpc) is 2.70. The van der Waals surface area contributed by atoms with Crippen LogP contribution in [0.4, 0.5) is 10.5 Å². The summed E-state index contributed by atoms with van der Waals surface area (Å²) in [6.45, 7) is 0. The first-order valence-electron chi connectivity index (χ1n) is 5.22. The molecule has 1 aliphatic heterocycles. The normalized spacial score (nSPS) is 16.4. The lowest BCUT2D eigenvalue weighted by Crippen LogP contribution is -2.17. The van der Waals surface area contributed by atoms with E-state index in [4.69, 9.17) is 4.74 Å². The quantitative estimate of drug-likeness (QED) is 0.494. The van der Waals surface area contributed by atoms with Crippen molar-refractivity contribution in [1.29, 1.82) is 0 Å². The number of phenols is 1. The Morgan fingerprint density at radius 1 is 1.45 bits per heavy atom. The summed E-state index contributed by atoms with van der Waals surface area (Å²) in [5.74, 6) is -1.07. The topological polar surface area (TPSA) is 119 Å². The van der Waals surface area contributed by atoms with Crippen LogP contribution >= 0.6 is 11.8 Å². The Hall–Kier alpha value is -2.55. The molecule has 104 valence electrons. The second-order valence-corrected chi connectivity index (χ2v) is 4.71. The third-order valence-corrected chi connectivity index (χ3v) is 3.26. The van der Waals surface area contributed by atoms with Crippen LogP contribution in [0, 0.1) is 10.1 Å². The average molecular weight is 296 g/mol. The van der Waals surface area contributed by atoms with Gasteiger partial charge in [0.15, 0.2) is 11.5 Å². The number of imide groups is 1. The first-order valence-corrected chi connectivity index (χ1v) is 6.04. The number of carbonyl (C=O) groups is 2. The van der Waals surface area contributed by atoms with Gasteiger partial charge in [0.2, 0.25) is 0 Å². The molecule has 0 radical (unpaired) electrons. The monoisotopic (exact) mass is 296 g/mol. The molecule has 1 fully saturated rings. The van der Waals surface area contributed by atoms with E-state index in [-0.39, 0.29) is 27.7 Å². The largest absolute Gasteiger partial charge is 0.504 e. The van der Waals surface area contributed by atoms with E-state index in [0.29, 0.717) is 11.8 Å². The summed E-state index contributed by atoms with van der Waals surface area (Å²) in [5.41, 5.74) is -0.287. The summed E-state index contributed by atoms with van der Waals surface area (Å²) in [4.78, 5) is 32.6. The van der Waals surface area contributed by atoms with Gasteiger partial charge < -0.3 is 9.84 Å². The van der Waals surface area contributed by atoms with Gasteiger partial charge in [-0.05, 0) is 17.8 Å². The molecule has 0 aliphatic carbocycles. The Kier molecular flexibility index (Phi) is 3.61. The van der Waals surface area contributed by atoms with E-state index in [2.05, 4.69) is 0 Å². The summed E-state index contributed by atoms with van der Waals surface area (Å²) in [6, 6.07) is 2.14. The van der Waals surface area contributed by atoms with Gasteiger partial charge in [0.1, 0.15) is 0 Å². The van der Waals surface area contributed by atoms with Crippen molar-refractivity contribution in [2.24, 2.45) is 0 Å². The van der Waals surface area contributed by atoms with Crippen molar-refractivity contribution in [2.45, 2.75) is 0 Å². The highest BCUT2D eigenvalue weighted by Gasteiger charge is 2.26. The maximum absolute atomic E-state index is 11.4. The maximum Gasteiger partial charge on any atom is 0.290 e. The van der Waals surface area contributed by atoms with Crippen LogP contribution in [0.1, 0.15) is 5.56 Å². The van der Waals surface area contributed by atoms with Crippen molar-refractivity contribution in [2.75, 3.05) is 7.11 Å². The summed E-state index contributed by atoms with van der Waals surface area (Å²) in [6.07, 6.45) is 1.19. The fourth-order valence-corrected chi connectivity index (χ4v) is 2.22. The molecule has 2 amide bonds. The molecule has 1 heterocycles. The van der Waals surface area contributed by atoms with Gasteiger partial charge >= 0.3 is 0 Å². The van der Waals surface area contributed by atoms with Crippen LogP contribution in [-0.2, 0) is 4.79 Å². The lowest BCUT2D eigenvalue weighted by molar-refractivity contribution is -0.385. The summed E-state index contributed by atoms with van der Waals surface area (Å²) in [7, 11) is 1.25. The number of carbonyl (C=O) groups excluding carboxylic acids is 2. The third kappa shape index (κ3) is 2.57. The van der Waals surface area contributed by atoms with Crippen molar-refractivity contribution < 1.29 is 24.4 Å². The van der Waals surface area contributed by atoms with E-state index in [1.54, 1.807) is 0 Å². The first kappa shape index (κ1) is 13.9. The fourth-order valence-electron chi connectivity index (χ4n) is 1.55. The van der Waals surface area contributed by atoms with Crippen molar-refractivity contribution in [1.82, 2.24) is 5.32 Å². The second-order valence-electron chi connectivity index (χ2n) is 3.70. The Morgan fingerprint density at radius 3 is 2.65 bits per heavy atom. The summed E-state index contributed by atoms with van der Waals surface area (Å²) in [5, 5.41) is 22.2. The lowest BCUT2D eigenvalue weighted by atomic mass is 10.1. The molecule has 9 heteroatoms. The molecule has 0 aromatic heterocycles. The standard InChI is InChI=1S/C11H8N2O6S/c1-19-7-4-6(13(17)18)2-5(9(7)14)3-8-10(15)12-11(16)20-8/h2-4,14H,1H3,(H,12,15,16)/b8-3-. The molecule has 0 spiro atoms. The number of rotatable bonds is 3. The molecular weight excluding hydrogens is 288 g/mol. The third-order valence-electron chi connectivity index (χ3n) is 2.45. The SMILES string of the molecule is COc1cc([N+](=O)[O-])cc(/C=C2\SC(=O)NC2=O)c1O. The van der Waals surface area contributed by atoms with E-state index >= 15 is 0 Å². The van der Waals surface area contributed by atoms with Crippen molar-refractivity contribution in [3.63, 3.8) is 0 Å². The van der Waals surface area contributed by atoms with Gasteiger partial charge in [0, 0.05) is 11.6 Å². The Morgan fingerprint density at radius 2 is 2.15 bits per heavy atom. The number of nitro groups is 1. The second kappa shape index (κ2) is 5.21. The van der Waals surface area contributed by atoms with Crippen molar-refractivity contribution in [3.8, 4) is 11.5 Å². The number of non-ortho nitro benzene ring substituents is 1. The number of thioether (sulfide) groups is 1. The Bertz CT molecular complexity index is 655. The van der Waals surface area contributed by atoms with Gasteiger partial charge in [-0.25, -0.2) is 0 Å². The number of nitrogens with one attached hydrogen (secondary N) is 1. The van der Waals surface area contributed by atoms with Crippen LogP contribution in [0.3, 0.4) is 0 Å². The molecule has 1 aromatic rings. The van der Waals surface area contributed by atoms with E-state index in [1.165, 1.54) is 13.2 Å². The van der Waals surface area contributed by atoms with Crippen LogP contribution in [0.5, 0.6) is 11.5 Å². The number of hydrogen-bond donors (Lipinski definition) is 2. The van der Waals surface area contributed by atoms with Crippen LogP contribution < -0.4 is 10.1 Å². The molecule has 1 aromatic carbocycles. The number of nitro benzene ring substituents is 1. The molecule has 8 nitrogen and oxygen atoms in total. The van der Waals surface area contributed by atoms with E-state index < -0.39 is 16.1 Å². The van der Waals surface area contributed by atoms with Crippen LogP contribution in [-0.4, -0.2) is 28.3 Å². The van der Waals surface area contributed by atoms with Crippen LogP contribution in [0.15, 0.2) is 17.0 Å². The van der Waals surface area contributed by atoms with Crippen molar-refractivity contribution >= 4 is 34.7 Å². The molecule has 0 unspecified atom stereocenters. The molecule has 2 rings (SSSR count). The smallest absolute Gasteiger partial charge is 0.290 e. The zero-order valence-electron chi connectivity index (χ0n) is 10.1. The minimum Gasteiger partial charge on any atom is -0.504 e. The minimum atomic E-state index is -0.656. The molecule has 0 bridgehead atoms. The van der Waals surface area contributed by atoms with E-state index in [0.717, 1.165) is 12.1 Å². The first-order chi connectivity index (χ1) is 9.42. The highest BCUT2D eigenvalue weighted by molar-refractivity contribution is 8.18. The van der Waals surface area contributed by atoms with Gasteiger partial charge in [-0.3, -0.25) is 25.0 Å². The zero-order valence-corrected chi connectivity index (χ0v) is 10.9. The Balaban J connectivity index is 2.53. The maximum atomic E-state index is 11.4. The number of hydrogen-bond acceptors (Lipinski definition) is 7. The van der Waals surface area contributed by atoms with Crippen LogP contribution in [0.2, 0.25) is 0 Å². The lowest BCUT2D eigenvalue weighted by Gasteiger charge is -2.06. The van der Waals surface area contributed by atoms with Gasteiger partial charge in [-0.1, -0.05) is 0 Å². The zero-order chi connectivity index (χ0) is 14.9. The molecule has 0 saturated carbocycles. The highest BCUT2D eigenvalue weighted by Crippen LogP contribution is 2.37. The Labute approximate surface area is 116 Å². The number of benzene rings is 1. The number of nitrogens with zero attached hydrogens (tertiary/aromatic N) is 1. The van der Waals surface area contributed by atoms with Gasteiger partial charge in [0.05, 0.1) is 23.0 Å².